The van der Waals surface area contributed by atoms with Crippen LogP contribution in [0.3, 0.4) is 0 Å². The summed E-state index contributed by atoms with van der Waals surface area (Å²) in [6, 6.07) is 0. The van der Waals surface area contributed by atoms with Crippen molar-refractivity contribution < 1.29 is 4.18 Å². The van der Waals surface area contributed by atoms with Gasteiger partial charge in [-0.15, -0.1) is 0 Å². The van der Waals surface area contributed by atoms with Crippen molar-refractivity contribution in [1.29, 1.82) is 0 Å². The van der Waals surface area contributed by atoms with Crippen LogP contribution in [-0.2, 0) is 4.18 Å². The maximum atomic E-state index is 4.60. The lowest BCUT2D eigenvalue weighted by molar-refractivity contribution is 0.227. The van der Waals surface area contributed by atoms with Crippen molar-refractivity contribution in [3.05, 3.63) is 0 Å². The Morgan fingerprint density at radius 2 is 2.43 bits per heavy atom. The first-order valence-corrected chi connectivity index (χ1v) is 2.77. The lowest BCUT2D eigenvalue weighted by Gasteiger charge is -2.25. The van der Waals surface area contributed by atoms with E-state index in [0.29, 0.717) is 0 Å². The van der Waals surface area contributed by atoms with Crippen molar-refractivity contribution in [1.82, 2.24) is 5.32 Å². The average Bonchev–Trinajstić information content (AvgIpc) is 1.55. The molecule has 0 aromatic rings. The molecule has 2 nitrogen and oxygen atoms in total. The standard InChI is InChI=1S/C4H9NOS/c7-6-3-4-1-5-2-4/h4-5,7H,1-3H2. The summed E-state index contributed by atoms with van der Waals surface area (Å²) in [5, 5.41) is 3.13. The van der Waals surface area contributed by atoms with Crippen LogP contribution in [0.2, 0.25) is 0 Å². The van der Waals surface area contributed by atoms with Crippen LogP contribution < -0.4 is 5.32 Å². The van der Waals surface area contributed by atoms with Crippen LogP contribution in [0.5, 0.6) is 0 Å². The number of hydrogen-bond acceptors (Lipinski definition) is 3. The first-order valence-electron chi connectivity index (χ1n) is 2.40. The highest BCUT2D eigenvalue weighted by Crippen LogP contribution is 2.02. The van der Waals surface area contributed by atoms with Gasteiger partial charge >= 0.3 is 0 Å². The van der Waals surface area contributed by atoms with Crippen molar-refractivity contribution >= 4 is 12.9 Å². The largest absolute Gasteiger partial charge is 0.318 e. The average molecular weight is 119 g/mol. The van der Waals surface area contributed by atoms with Crippen molar-refractivity contribution in [3.8, 4) is 0 Å². The van der Waals surface area contributed by atoms with Crippen LogP contribution in [0.4, 0.5) is 0 Å². The third-order valence-electron chi connectivity index (χ3n) is 1.18. The monoisotopic (exact) mass is 119 g/mol. The zero-order chi connectivity index (χ0) is 5.11. The van der Waals surface area contributed by atoms with E-state index in [-0.39, 0.29) is 0 Å². The molecule has 1 N–H and O–H groups in total. The highest BCUT2D eigenvalue weighted by Gasteiger charge is 2.15. The van der Waals surface area contributed by atoms with Crippen LogP contribution in [0, 0.1) is 5.92 Å². The summed E-state index contributed by atoms with van der Waals surface area (Å²) in [4.78, 5) is 0. The minimum atomic E-state index is 0.720. The normalized spacial score (nSPS) is 21.9. The van der Waals surface area contributed by atoms with Gasteiger partial charge in [-0.2, -0.15) is 0 Å². The predicted octanol–water partition coefficient (Wildman–Crippen LogP) is 0.0672. The van der Waals surface area contributed by atoms with Gasteiger partial charge in [0.2, 0.25) is 0 Å². The van der Waals surface area contributed by atoms with Gasteiger partial charge in [0.1, 0.15) is 0 Å². The quantitative estimate of drug-likeness (QED) is 0.396. The second kappa shape index (κ2) is 2.55. The van der Waals surface area contributed by atoms with E-state index in [1.54, 1.807) is 0 Å². The molecule has 1 saturated heterocycles. The van der Waals surface area contributed by atoms with E-state index in [1.165, 1.54) is 0 Å². The van der Waals surface area contributed by atoms with Crippen LogP contribution in [-0.4, -0.2) is 19.7 Å². The first kappa shape index (κ1) is 5.41. The molecular formula is C4H9NOS. The summed E-state index contributed by atoms with van der Waals surface area (Å²) in [5.41, 5.74) is 0. The van der Waals surface area contributed by atoms with E-state index < -0.39 is 0 Å². The Balaban J connectivity index is 1.93. The Labute approximate surface area is 48.9 Å². The van der Waals surface area contributed by atoms with Gasteiger partial charge in [-0.1, -0.05) is 0 Å². The molecule has 1 aliphatic rings. The fourth-order valence-electron chi connectivity index (χ4n) is 0.572. The van der Waals surface area contributed by atoms with Gasteiger partial charge in [-0.25, -0.2) is 0 Å². The van der Waals surface area contributed by atoms with Gasteiger partial charge in [0.05, 0.1) is 6.61 Å². The molecule has 1 aliphatic heterocycles. The summed E-state index contributed by atoms with van der Waals surface area (Å²) in [5.74, 6) is 0.720. The molecule has 0 aromatic carbocycles. The van der Waals surface area contributed by atoms with Gasteiger partial charge in [0, 0.05) is 19.0 Å². The van der Waals surface area contributed by atoms with Gasteiger partial charge in [-0.05, 0) is 12.9 Å². The minimum absolute atomic E-state index is 0.720. The summed E-state index contributed by atoms with van der Waals surface area (Å²) >= 11 is 3.62. The van der Waals surface area contributed by atoms with Crippen LogP contribution in [0.15, 0.2) is 0 Å². The number of thiol groups is 1. The van der Waals surface area contributed by atoms with Crippen LogP contribution in [0.1, 0.15) is 0 Å². The Bertz CT molecular complexity index is 55.7. The SMILES string of the molecule is SOCC1CNC1. The van der Waals surface area contributed by atoms with E-state index >= 15 is 0 Å². The molecule has 1 fully saturated rings. The molecule has 0 aromatic heterocycles. The summed E-state index contributed by atoms with van der Waals surface area (Å²) in [6.45, 7) is 2.98. The van der Waals surface area contributed by atoms with Gasteiger partial charge < -0.3 is 9.50 Å². The highest BCUT2D eigenvalue weighted by atomic mass is 32.1. The lowest BCUT2D eigenvalue weighted by Crippen LogP contribution is -2.43. The third-order valence-corrected chi connectivity index (χ3v) is 1.33. The number of hydrogen-bond donors (Lipinski definition) is 2. The Morgan fingerprint density at radius 3 is 2.57 bits per heavy atom. The minimum Gasteiger partial charge on any atom is -0.318 e. The van der Waals surface area contributed by atoms with E-state index in [0.717, 1.165) is 25.6 Å². The zero-order valence-corrected chi connectivity index (χ0v) is 4.95. The fraction of sp³-hybridized carbons (Fsp3) is 1.00. The molecule has 3 heteroatoms. The summed E-state index contributed by atoms with van der Waals surface area (Å²) < 4.78 is 4.60. The van der Waals surface area contributed by atoms with Crippen molar-refractivity contribution in [2.75, 3.05) is 19.7 Å². The van der Waals surface area contributed by atoms with Gasteiger partial charge in [-0.3, -0.25) is 0 Å². The molecule has 0 amide bonds. The van der Waals surface area contributed by atoms with Gasteiger partial charge in [0.25, 0.3) is 0 Å². The predicted molar refractivity (Wildman–Crippen MR) is 31.3 cm³/mol. The topological polar surface area (TPSA) is 21.3 Å². The number of rotatable bonds is 2. The molecule has 42 valence electrons. The zero-order valence-electron chi connectivity index (χ0n) is 4.05. The molecular weight excluding hydrogens is 110 g/mol. The van der Waals surface area contributed by atoms with E-state index in [2.05, 4.69) is 22.4 Å². The molecule has 0 aliphatic carbocycles. The molecule has 0 radical (unpaired) electrons. The van der Waals surface area contributed by atoms with Crippen LogP contribution >= 0.6 is 12.9 Å². The van der Waals surface area contributed by atoms with Crippen LogP contribution in [0.25, 0.3) is 0 Å². The van der Waals surface area contributed by atoms with Gasteiger partial charge in [0.15, 0.2) is 0 Å². The van der Waals surface area contributed by atoms with E-state index in [9.17, 15) is 0 Å². The maximum absolute atomic E-state index is 4.60. The third kappa shape index (κ3) is 1.33. The molecule has 0 atom stereocenters. The second-order valence-electron chi connectivity index (χ2n) is 1.82. The summed E-state index contributed by atoms with van der Waals surface area (Å²) in [7, 11) is 0. The van der Waals surface area contributed by atoms with Crippen molar-refractivity contribution in [2.45, 2.75) is 0 Å². The first-order chi connectivity index (χ1) is 3.43. The molecule has 1 rings (SSSR count). The maximum Gasteiger partial charge on any atom is 0.0663 e. The second-order valence-corrected chi connectivity index (χ2v) is 2.08. The van der Waals surface area contributed by atoms with E-state index in [4.69, 9.17) is 0 Å². The Morgan fingerprint density at radius 1 is 1.71 bits per heavy atom. The smallest absolute Gasteiger partial charge is 0.0663 e. The molecule has 0 bridgehead atoms. The molecule has 0 saturated carbocycles. The Kier molecular flexibility index (Phi) is 1.97. The lowest BCUT2D eigenvalue weighted by atomic mass is 10.1. The van der Waals surface area contributed by atoms with Crippen molar-refractivity contribution in [3.63, 3.8) is 0 Å². The molecule has 0 unspecified atom stereocenters. The fourth-order valence-corrected chi connectivity index (χ4v) is 0.783. The summed E-state index contributed by atoms with van der Waals surface area (Å²) in [6.07, 6.45) is 0. The van der Waals surface area contributed by atoms with E-state index in [1.807, 2.05) is 0 Å². The molecule has 1 heterocycles. The highest BCUT2D eigenvalue weighted by molar-refractivity contribution is 7.75. The van der Waals surface area contributed by atoms with Crippen molar-refractivity contribution in [2.24, 2.45) is 5.92 Å². The number of nitrogens with one attached hydrogen (secondary N) is 1. The molecule has 0 spiro atoms. The molecule has 7 heavy (non-hydrogen) atoms. The Hall–Kier alpha value is 0.270.